The quantitative estimate of drug-likeness (QED) is 0.894. The lowest BCUT2D eigenvalue weighted by atomic mass is 9.98. The third-order valence-electron chi connectivity index (χ3n) is 3.81. The van der Waals surface area contributed by atoms with Gasteiger partial charge in [-0.1, -0.05) is 17.7 Å². The van der Waals surface area contributed by atoms with Gasteiger partial charge in [0, 0.05) is 18.8 Å². The average Bonchev–Trinajstić information content (AvgIpc) is 2.45. The zero-order chi connectivity index (χ0) is 15.4. The molecule has 114 valence electrons. The Balaban J connectivity index is 2.12. The second-order valence-corrected chi connectivity index (χ2v) is 5.45. The Morgan fingerprint density at radius 2 is 2.14 bits per heavy atom. The van der Waals surface area contributed by atoms with Crippen LogP contribution in [0.5, 0.6) is 0 Å². The molecule has 1 aliphatic heterocycles. The third kappa shape index (κ3) is 3.54. The molecule has 5 heteroatoms. The van der Waals surface area contributed by atoms with Gasteiger partial charge in [0.2, 0.25) is 5.91 Å². The van der Waals surface area contributed by atoms with Crippen LogP contribution < -0.4 is 15.5 Å². The molecule has 1 unspecified atom stereocenters. The lowest BCUT2D eigenvalue weighted by Crippen LogP contribution is -2.51. The van der Waals surface area contributed by atoms with Crippen LogP contribution in [0.1, 0.15) is 31.4 Å². The minimum atomic E-state index is -0.435. The number of hydrogen-bond acceptors (Lipinski definition) is 3. The van der Waals surface area contributed by atoms with Crippen LogP contribution in [-0.4, -0.2) is 31.1 Å². The van der Waals surface area contributed by atoms with Gasteiger partial charge in [-0.3, -0.25) is 10.1 Å². The first-order valence-electron chi connectivity index (χ1n) is 7.47. The van der Waals surface area contributed by atoms with Gasteiger partial charge in [0.15, 0.2) is 0 Å². The van der Waals surface area contributed by atoms with E-state index in [9.17, 15) is 9.59 Å². The van der Waals surface area contributed by atoms with Crippen molar-refractivity contribution in [2.45, 2.75) is 39.7 Å². The number of urea groups is 1. The molecule has 2 rings (SSSR count). The van der Waals surface area contributed by atoms with Crippen LogP contribution in [0.15, 0.2) is 18.2 Å². The standard InChI is InChI=1S/C16H23N3O2/c1-4-17-16(21)18-15(20)12(3)19-9-5-6-13-10-11(2)7-8-14(13)19/h7-8,10,12H,4-6,9H2,1-3H3,(H2,17,18,20,21). The number of carbonyl (C=O) groups excluding carboxylic acids is 2. The number of amides is 3. The molecular formula is C16H23N3O2. The van der Waals surface area contributed by atoms with E-state index in [1.54, 1.807) is 0 Å². The molecule has 1 aromatic rings. The lowest BCUT2D eigenvalue weighted by Gasteiger charge is -2.35. The zero-order valence-corrected chi connectivity index (χ0v) is 12.9. The molecule has 0 radical (unpaired) electrons. The molecular weight excluding hydrogens is 266 g/mol. The summed E-state index contributed by atoms with van der Waals surface area (Å²) in [6.07, 6.45) is 2.06. The first kappa shape index (κ1) is 15.4. The number of carbonyl (C=O) groups is 2. The molecule has 1 heterocycles. The number of aryl methyl sites for hydroxylation is 2. The number of nitrogens with one attached hydrogen (secondary N) is 2. The van der Waals surface area contributed by atoms with Crippen LogP contribution in [0.25, 0.3) is 0 Å². The Bertz CT molecular complexity index is 542. The third-order valence-corrected chi connectivity index (χ3v) is 3.81. The van der Waals surface area contributed by atoms with Crippen LogP contribution in [0.3, 0.4) is 0 Å². The molecule has 0 saturated heterocycles. The maximum absolute atomic E-state index is 12.2. The number of benzene rings is 1. The Kier molecular flexibility index (Phi) is 4.83. The molecule has 0 saturated carbocycles. The molecule has 0 aliphatic carbocycles. The summed E-state index contributed by atoms with van der Waals surface area (Å²) >= 11 is 0. The van der Waals surface area contributed by atoms with E-state index in [1.165, 1.54) is 11.1 Å². The molecule has 0 bridgehead atoms. The number of rotatable bonds is 3. The smallest absolute Gasteiger partial charge is 0.321 e. The van der Waals surface area contributed by atoms with Crippen molar-refractivity contribution in [2.75, 3.05) is 18.0 Å². The summed E-state index contributed by atoms with van der Waals surface area (Å²) in [5, 5.41) is 4.96. The normalized spacial score (nSPS) is 15.1. The van der Waals surface area contributed by atoms with Gasteiger partial charge in [0.1, 0.15) is 6.04 Å². The highest BCUT2D eigenvalue weighted by atomic mass is 16.2. The van der Waals surface area contributed by atoms with Gasteiger partial charge in [-0.05, 0) is 45.2 Å². The first-order chi connectivity index (χ1) is 10.0. The predicted molar refractivity (Wildman–Crippen MR) is 83.5 cm³/mol. The van der Waals surface area contributed by atoms with Crippen LogP contribution in [0.4, 0.5) is 10.5 Å². The molecule has 21 heavy (non-hydrogen) atoms. The minimum absolute atomic E-state index is 0.269. The Hall–Kier alpha value is -2.04. The monoisotopic (exact) mass is 289 g/mol. The minimum Gasteiger partial charge on any atom is -0.360 e. The van der Waals surface area contributed by atoms with Gasteiger partial charge in [-0.15, -0.1) is 0 Å². The summed E-state index contributed by atoms with van der Waals surface area (Å²) in [4.78, 5) is 25.7. The van der Waals surface area contributed by atoms with E-state index in [1.807, 2.05) is 13.8 Å². The van der Waals surface area contributed by atoms with Crippen LogP contribution in [0.2, 0.25) is 0 Å². The second-order valence-electron chi connectivity index (χ2n) is 5.45. The Morgan fingerprint density at radius 3 is 2.86 bits per heavy atom. The van der Waals surface area contributed by atoms with Crippen molar-refractivity contribution in [3.63, 3.8) is 0 Å². The molecule has 5 nitrogen and oxygen atoms in total. The lowest BCUT2D eigenvalue weighted by molar-refractivity contribution is -0.121. The van der Waals surface area contributed by atoms with E-state index in [2.05, 4.69) is 40.7 Å². The van der Waals surface area contributed by atoms with Crippen molar-refractivity contribution < 1.29 is 9.59 Å². The van der Waals surface area contributed by atoms with Gasteiger partial charge in [0.25, 0.3) is 0 Å². The molecule has 0 spiro atoms. The first-order valence-corrected chi connectivity index (χ1v) is 7.47. The molecule has 2 N–H and O–H groups in total. The van der Waals surface area contributed by atoms with Crippen LogP contribution in [0, 0.1) is 6.92 Å². The van der Waals surface area contributed by atoms with Gasteiger partial charge < -0.3 is 10.2 Å². The van der Waals surface area contributed by atoms with E-state index < -0.39 is 6.03 Å². The van der Waals surface area contributed by atoms with Gasteiger partial charge in [-0.2, -0.15) is 0 Å². The van der Waals surface area contributed by atoms with Crippen molar-refractivity contribution in [3.05, 3.63) is 29.3 Å². The number of imide groups is 1. The zero-order valence-electron chi connectivity index (χ0n) is 12.9. The molecule has 3 amide bonds. The Labute approximate surface area is 125 Å². The van der Waals surface area contributed by atoms with E-state index in [0.717, 1.165) is 25.1 Å². The second kappa shape index (κ2) is 6.61. The van der Waals surface area contributed by atoms with Crippen molar-refractivity contribution >= 4 is 17.6 Å². The van der Waals surface area contributed by atoms with E-state index in [-0.39, 0.29) is 11.9 Å². The van der Waals surface area contributed by atoms with Crippen molar-refractivity contribution in [1.82, 2.24) is 10.6 Å². The fourth-order valence-corrected chi connectivity index (χ4v) is 2.72. The fourth-order valence-electron chi connectivity index (χ4n) is 2.72. The maximum atomic E-state index is 12.2. The molecule has 1 aliphatic rings. The summed E-state index contributed by atoms with van der Waals surface area (Å²) in [5.41, 5.74) is 3.61. The largest absolute Gasteiger partial charge is 0.360 e. The number of hydrogen-bond donors (Lipinski definition) is 2. The summed E-state index contributed by atoms with van der Waals surface area (Å²) in [6, 6.07) is 5.51. The van der Waals surface area contributed by atoms with Gasteiger partial charge in [-0.25, -0.2) is 4.79 Å². The number of nitrogens with zero attached hydrogens (tertiary/aromatic N) is 1. The summed E-state index contributed by atoms with van der Waals surface area (Å²) < 4.78 is 0. The highest BCUT2D eigenvalue weighted by Gasteiger charge is 2.26. The molecule has 0 fully saturated rings. The van der Waals surface area contributed by atoms with Gasteiger partial charge in [0.05, 0.1) is 0 Å². The average molecular weight is 289 g/mol. The highest BCUT2D eigenvalue weighted by molar-refractivity contribution is 5.98. The van der Waals surface area contributed by atoms with Gasteiger partial charge >= 0.3 is 6.03 Å². The predicted octanol–water partition coefficient (Wildman–Crippen LogP) is 1.98. The Morgan fingerprint density at radius 1 is 1.38 bits per heavy atom. The molecule has 1 atom stereocenters. The van der Waals surface area contributed by atoms with Crippen molar-refractivity contribution in [1.29, 1.82) is 0 Å². The van der Waals surface area contributed by atoms with Crippen molar-refractivity contribution in [2.24, 2.45) is 0 Å². The topological polar surface area (TPSA) is 61.4 Å². The molecule has 0 aromatic heterocycles. The number of anilines is 1. The molecule has 1 aromatic carbocycles. The number of fused-ring (bicyclic) bond motifs is 1. The summed E-state index contributed by atoms with van der Waals surface area (Å²) in [5.74, 6) is -0.269. The van der Waals surface area contributed by atoms with E-state index in [4.69, 9.17) is 0 Å². The summed E-state index contributed by atoms with van der Waals surface area (Å²) in [7, 11) is 0. The van der Waals surface area contributed by atoms with Crippen LogP contribution in [-0.2, 0) is 11.2 Å². The van der Waals surface area contributed by atoms with Crippen molar-refractivity contribution in [3.8, 4) is 0 Å². The summed E-state index contributed by atoms with van der Waals surface area (Å²) in [6.45, 7) is 7.06. The van der Waals surface area contributed by atoms with E-state index in [0.29, 0.717) is 6.54 Å². The van der Waals surface area contributed by atoms with E-state index >= 15 is 0 Å². The fraction of sp³-hybridized carbons (Fsp3) is 0.500. The maximum Gasteiger partial charge on any atom is 0.321 e. The SMILES string of the molecule is CCNC(=O)NC(=O)C(C)N1CCCc2cc(C)ccc21. The highest BCUT2D eigenvalue weighted by Crippen LogP contribution is 2.29. The van der Waals surface area contributed by atoms with Crippen LogP contribution >= 0.6 is 0 Å².